The van der Waals surface area contributed by atoms with Crippen molar-refractivity contribution in [2.45, 2.75) is 79.4 Å². The summed E-state index contributed by atoms with van der Waals surface area (Å²) in [5.74, 6) is -0.340. The molecule has 0 spiro atoms. The molecule has 28 heavy (non-hydrogen) atoms. The van der Waals surface area contributed by atoms with Gasteiger partial charge in [-0.1, -0.05) is 27.2 Å². The molecule has 0 bridgehead atoms. The molecular weight excluding hydrogens is 420 g/mol. The van der Waals surface area contributed by atoms with E-state index >= 15 is 0 Å². The maximum absolute atomic E-state index is 12.9. The van der Waals surface area contributed by atoms with Crippen LogP contribution in [0.3, 0.4) is 0 Å². The van der Waals surface area contributed by atoms with E-state index in [-0.39, 0.29) is 12.1 Å². The zero-order valence-electron chi connectivity index (χ0n) is 18.2. The fraction of sp³-hybridized carbons (Fsp3) is 0.727. The zero-order chi connectivity index (χ0) is 20.9. The van der Waals surface area contributed by atoms with E-state index in [0.29, 0.717) is 12.0 Å². The number of piperidine rings is 1. The predicted molar refractivity (Wildman–Crippen MR) is 117 cm³/mol. The number of aromatic nitrogens is 1. The molecule has 1 aliphatic heterocycles. The van der Waals surface area contributed by atoms with E-state index in [1.54, 1.807) is 0 Å². The first-order valence-electron chi connectivity index (χ1n) is 10.4. The molecule has 158 valence electrons. The summed E-state index contributed by atoms with van der Waals surface area (Å²) in [5.41, 5.74) is 3.00. The van der Waals surface area contributed by atoms with Gasteiger partial charge >= 0.3 is 5.97 Å². The molecular formula is C22H35BrN2O3. The number of hydrogen-bond acceptors (Lipinski definition) is 5. The Morgan fingerprint density at radius 3 is 2.54 bits per heavy atom. The van der Waals surface area contributed by atoms with E-state index in [0.717, 1.165) is 60.2 Å². The number of rotatable bonds is 8. The van der Waals surface area contributed by atoms with Crippen molar-refractivity contribution in [3.8, 4) is 0 Å². The molecule has 1 aliphatic rings. The minimum Gasteiger partial charge on any atom is -0.461 e. The number of pyridine rings is 1. The molecule has 5 nitrogen and oxygen atoms in total. The number of carbonyl (C=O) groups excluding carboxylic acids is 1. The molecule has 1 saturated heterocycles. The van der Waals surface area contributed by atoms with E-state index in [1.807, 2.05) is 27.0 Å². The second-order valence-electron chi connectivity index (χ2n) is 8.70. The zero-order valence-corrected chi connectivity index (χ0v) is 19.8. The molecule has 0 amide bonds. The maximum Gasteiger partial charge on any atom is 0.340 e. The molecule has 2 rings (SSSR count). The lowest BCUT2D eigenvalue weighted by Gasteiger charge is -2.40. The lowest BCUT2D eigenvalue weighted by molar-refractivity contribution is -0.161. The van der Waals surface area contributed by atoms with Crippen LogP contribution < -0.4 is 4.90 Å². The summed E-state index contributed by atoms with van der Waals surface area (Å²) in [6.45, 7) is 14.8. The summed E-state index contributed by atoms with van der Waals surface area (Å²) >= 11 is 3.68. The van der Waals surface area contributed by atoms with Crippen LogP contribution in [0.2, 0.25) is 0 Å². The number of unbranched alkanes of at least 4 members (excludes halogenated alkanes) is 1. The van der Waals surface area contributed by atoms with Crippen LogP contribution in [0.4, 0.5) is 5.69 Å². The maximum atomic E-state index is 12.9. The van der Waals surface area contributed by atoms with Crippen LogP contribution >= 0.6 is 15.9 Å². The number of esters is 1. The summed E-state index contributed by atoms with van der Waals surface area (Å²) in [5, 5.41) is 0. The molecule has 6 heteroatoms. The van der Waals surface area contributed by atoms with Crippen molar-refractivity contribution < 1.29 is 14.3 Å². The van der Waals surface area contributed by atoms with Crippen molar-refractivity contribution in [2.75, 3.05) is 24.6 Å². The molecule has 0 radical (unpaired) electrons. The lowest BCUT2D eigenvalue weighted by atomic mass is 9.82. The summed E-state index contributed by atoms with van der Waals surface area (Å²) in [6.07, 6.45) is 5.00. The molecule has 1 fully saturated rings. The van der Waals surface area contributed by atoms with Crippen LogP contribution in [0.15, 0.2) is 10.7 Å². The first-order chi connectivity index (χ1) is 13.2. The van der Waals surface area contributed by atoms with Crippen LogP contribution in [0.25, 0.3) is 0 Å². The number of anilines is 1. The third-order valence-corrected chi connectivity index (χ3v) is 5.87. The Morgan fingerprint density at radius 2 is 1.96 bits per heavy atom. The van der Waals surface area contributed by atoms with E-state index < -0.39 is 6.10 Å². The monoisotopic (exact) mass is 454 g/mol. The summed E-state index contributed by atoms with van der Waals surface area (Å²) in [7, 11) is 0. The van der Waals surface area contributed by atoms with Crippen molar-refractivity contribution in [2.24, 2.45) is 5.41 Å². The Labute approximate surface area is 178 Å². The molecule has 1 atom stereocenters. The Kier molecular flexibility index (Phi) is 8.31. The van der Waals surface area contributed by atoms with Crippen LogP contribution in [-0.2, 0) is 14.3 Å². The van der Waals surface area contributed by atoms with Gasteiger partial charge in [0.15, 0.2) is 6.10 Å². The second-order valence-corrected chi connectivity index (χ2v) is 9.55. The number of nitrogens with zero attached hydrogens (tertiary/aromatic N) is 2. The molecule has 0 aliphatic carbocycles. The van der Waals surface area contributed by atoms with Gasteiger partial charge in [-0.3, -0.25) is 4.98 Å². The SMILES string of the molecule is CCCCO[C@H](C(=O)OC(C)C)c1c(C)ncc(Br)c1N1CCC(C)(C)CC1. The van der Waals surface area contributed by atoms with Gasteiger partial charge < -0.3 is 14.4 Å². The minimum atomic E-state index is -0.760. The quantitative estimate of drug-likeness (QED) is 0.378. The van der Waals surface area contributed by atoms with E-state index in [9.17, 15) is 4.79 Å². The first-order valence-corrected chi connectivity index (χ1v) is 11.2. The van der Waals surface area contributed by atoms with Crippen molar-refractivity contribution >= 4 is 27.6 Å². The number of ether oxygens (including phenoxy) is 2. The highest BCUT2D eigenvalue weighted by Crippen LogP contribution is 2.41. The van der Waals surface area contributed by atoms with Crippen LogP contribution in [0.5, 0.6) is 0 Å². The summed E-state index contributed by atoms with van der Waals surface area (Å²) in [4.78, 5) is 19.8. The smallest absolute Gasteiger partial charge is 0.340 e. The Balaban J connectivity index is 2.43. The number of halogens is 1. The summed E-state index contributed by atoms with van der Waals surface area (Å²) < 4.78 is 12.5. The van der Waals surface area contributed by atoms with Crippen molar-refractivity contribution in [1.29, 1.82) is 0 Å². The molecule has 0 saturated carbocycles. The lowest BCUT2D eigenvalue weighted by Crippen LogP contribution is -2.39. The van der Waals surface area contributed by atoms with Gasteiger partial charge in [-0.2, -0.15) is 0 Å². The van der Waals surface area contributed by atoms with Gasteiger partial charge in [-0.15, -0.1) is 0 Å². The average molecular weight is 455 g/mol. The number of carbonyl (C=O) groups is 1. The van der Waals surface area contributed by atoms with Gasteiger partial charge in [0.1, 0.15) is 0 Å². The molecule has 2 heterocycles. The minimum absolute atomic E-state index is 0.190. The van der Waals surface area contributed by atoms with Gasteiger partial charge in [-0.25, -0.2) is 4.79 Å². The van der Waals surface area contributed by atoms with Crippen molar-refractivity contribution in [3.05, 3.63) is 21.9 Å². The van der Waals surface area contributed by atoms with Gasteiger partial charge in [0, 0.05) is 37.2 Å². The number of aryl methyl sites for hydroxylation is 1. The highest BCUT2D eigenvalue weighted by atomic mass is 79.9. The second kappa shape index (κ2) is 10.1. The molecule has 1 aromatic rings. The van der Waals surface area contributed by atoms with Gasteiger partial charge in [0.25, 0.3) is 0 Å². The van der Waals surface area contributed by atoms with Crippen molar-refractivity contribution in [3.63, 3.8) is 0 Å². The summed E-state index contributed by atoms with van der Waals surface area (Å²) in [6, 6.07) is 0. The molecule has 0 unspecified atom stereocenters. The third-order valence-electron chi connectivity index (χ3n) is 5.29. The van der Waals surface area contributed by atoms with Gasteiger partial charge in [-0.05, 0) is 61.4 Å². The predicted octanol–water partition coefficient (Wildman–Crippen LogP) is 5.59. The first kappa shape index (κ1) is 23.1. The highest BCUT2D eigenvalue weighted by molar-refractivity contribution is 9.10. The number of hydrogen-bond donors (Lipinski definition) is 0. The Bertz CT molecular complexity index is 666. The van der Waals surface area contributed by atoms with Crippen LogP contribution in [-0.4, -0.2) is 36.8 Å². The largest absolute Gasteiger partial charge is 0.461 e. The van der Waals surface area contributed by atoms with E-state index in [1.165, 1.54) is 0 Å². The molecule has 0 aromatic carbocycles. The third kappa shape index (κ3) is 5.93. The molecule has 1 aromatic heterocycles. The Hall–Kier alpha value is -1.14. The highest BCUT2D eigenvalue weighted by Gasteiger charge is 2.34. The fourth-order valence-electron chi connectivity index (χ4n) is 3.46. The van der Waals surface area contributed by atoms with Crippen LogP contribution in [0.1, 0.15) is 77.7 Å². The van der Waals surface area contributed by atoms with Gasteiger partial charge in [0.2, 0.25) is 0 Å². The molecule has 0 N–H and O–H groups in total. The van der Waals surface area contributed by atoms with E-state index in [4.69, 9.17) is 9.47 Å². The topological polar surface area (TPSA) is 51.7 Å². The van der Waals surface area contributed by atoms with Crippen molar-refractivity contribution in [1.82, 2.24) is 4.98 Å². The van der Waals surface area contributed by atoms with Crippen LogP contribution in [0, 0.1) is 12.3 Å². The van der Waals surface area contributed by atoms with E-state index in [2.05, 4.69) is 46.6 Å². The Morgan fingerprint density at radius 1 is 1.32 bits per heavy atom. The average Bonchev–Trinajstić information content (AvgIpc) is 2.61. The normalized spacial score (nSPS) is 17.6. The van der Waals surface area contributed by atoms with Gasteiger partial charge in [0.05, 0.1) is 16.3 Å². The fourth-order valence-corrected chi connectivity index (χ4v) is 4.03. The standard InChI is InChI=1S/C22H35BrN2O3/c1-7-8-13-27-20(21(26)28-15(2)3)18-16(4)24-14-17(23)19(18)25-11-9-22(5,6)10-12-25/h14-15,20H,7-13H2,1-6H3/t20-/m0/s1.